The normalized spacial score (nSPS) is 7.24. The van der Waals surface area contributed by atoms with Crippen LogP contribution in [-0.2, 0) is 52.7 Å². The maximum absolute atomic E-state index is 10.9. The molecule has 0 aliphatic carbocycles. The van der Waals surface area contributed by atoms with Crippen molar-refractivity contribution in [3.63, 3.8) is 0 Å². The SMILES string of the molecule is CC(=O)O.CC(=O)O.CC(=O)O.CC(=O)O.CC(=O)O.CC(=O)O.CC(=O)O.CC(=O)O.CC(=O)O.CCCCCCCCC(=O)OCC. The lowest BCUT2D eigenvalue weighted by atomic mass is 10.1. The standard InChI is InChI=1S/C11H22O2.9C2H4O2/c1-3-5-6-7-8-9-10-11(12)13-4-2;9*1-2(3)4/h3-10H2,1-2H3;9*1H3,(H,3,4). The van der Waals surface area contributed by atoms with Crippen molar-refractivity contribution in [2.45, 2.75) is 121 Å². The first-order chi connectivity index (χ1) is 21.9. The summed E-state index contributed by atoms with van der Waals surface area (Å²) in [7, 11) is 0. The number of hydrogen-bond donors (Lipinski definition) is 9. The number of carbonyl (C=O) groups is 10. The van der Waals surface area contributed by atoms with E-state index < -0.39 is 53.7 Å². The second-order valence-electron chi connectivity index (χ2n) is 7.99. The molecule has 0 spiro atoms. The third kappa shape index (κ3) is 2180. The van der Waals surface area contributed by atoms with Crippen molar-refractivity contribution in [1.82, 2.24) is 0 Å². The van der Waals surface area contributed by atoms with Gasteiger partial charge in [-0.1, -0.05) is 39.0 Å². The molecule has 20 nitrogen and oxygen atoms in total. The summed E-state index contributed by atoms with van der Waals surface area (Å²) in [5.41, 5.74) is 0. The van der Waals surface area contributed by atoms with Crippen LogP contribution in [0.1, 0.15) is 121 Å². The number of hydrogen-bond acceptors (Lipinski definition) is 11. The number of carbonyl (C=O) groups excluding carboxylic acids is 1. The molecule has 0 aromatic carbocycles. The Bertz CT molecular complexity index is 644. The van der Waals surface area contributed by atoms with Gasteiger partial charge in [0.15, 0.2) is 0 Å². The first-order valence-electron chi connectivity index (χ1n) is 13.8. The summed E-state index contributed by atoms with van der Waals surface area (Å²) >= 11 is 0. The molecule has 0 heterocycles. The third-order valence-corrected chi connectivity index (χ3v) is 2.04. The Morgan fingerprint density at radius 1 is 0.347 bits per heavy atom. The molecule has 0 aliphatic heterocycles. The summed E-state index contributed by atoms with van der Waals surface area (Å²) in [6, 6.07) is 0. The summed E-state index contributed by atoms with van der Waals surface area (Å²) in [5.74, 6) is -7.54. The van der Waals surface area contributed by atoms with Gasteiger partial charge in [-0.2, -0.15) is 0 Å². The van der Waals surface area contributed by atoms with Gasteiger partial charge in [0.2, 0.25) is 0 Å². The van der Waals surface area contributed by atoms with E-state index >= 15 is 0 Å². The molecule has 0 aromatic heterocycles. The van der Waals surface area contributed by atoms with Crippen LogP contribution >= 0.6 is 0 Å². The number of rotatable bonds is 8. The van der Waals surface area contributed by atoms with Gasteiger partial charge in [-0.25, -0.2) is 0 Å². The van der Waals surface area contributed by atoms with Gasteiger partial charge < -0.3 is 50.7 Å². The largest absolute Gasteiger partial charge is 0.481 e. The Kier molecular flexibility index (Phi) is 93.6. The highest BCUT2D eigenvalue weighted by Crippen LogP contribution is 2.07. The minimum atomic E-state index is -0.833. The zero-order chi connectivity index (χ0) is 42.1. The second kappa shape index (κ2) is 65.4. The topological polar surface area (TPSA) is 362 Å². The minimum absolute atomic E-state index is 0.0435. The number of unbranched alkanes of at least 4 members (excludes halogenated alkanes) is 5. The van der Waals surface area contributed by atoms with Crippen molar-refractivity contribution in [2.24, 2.45) is 0 Å². The van der Waals surface area contributed by atoms with E-state index in [-0.39, 0.29) is 5.97 Å². The minimum Gasteiger partial charge on any atom is -0.481 e. The molecule has 0 bridgehead atoms. The number of carboxylic acid groups (broad SMARTS) is 9. The Hall–Kier alpha value is -5.30. The first-order valence-corrected chi connectivity index (χ1v) is 13.8. The molecular weight excluding hydrogens is 668 g/mol. The summed E-state index contributed by atoms with van der Waals surface area (Å²) in [4.78, 5) is 91.9. The van der Waals surface area contributed by atoms with Gasteiger partial charge in [-0.3, -0.25) is 47.9 Å². The molecule has 9 N–H and O–H groups in total. The van der Waals surface area contributed by atoms with Crippen LogP contribution in [0.4, 0.5) is 0 Å². The van der Waals surface area contributed by atoms with Crippen LogP contribution in [0.25, 0.3) is 0 Å². The molecule has 294 valence electrons. The molecule has 0 atom stereocenters. The Morgan fingerprint density at radius 3 is 0.673 bits per heavy atom. The highest BCUT2D eigenvalue weighted by Gasteiger charge is 1.99. The van der Waals surface area contributed by atoms with Gasteiger partial charge in [0, 0.05) is 68.7 Å². The number of esters is 1. The van der Waals surface area contributed by atoms with E-state index in [9.17, 15) is 4.79 Å². The Labute approximate surface area is 286 Å². The van der Waals surface area contributed by atoms with E-state index in [4.69, 9.17) is 93.8 Å². The average molecular weight is 727 g/mol. The van der Waals surface area contributed by atoms with Crippen molar-refractivity contribution in [3.8, 4) is 0 Å². The van der Waals surface area contributed by atoms with Gasteiger partial charge in [-0.05, 0) is 13.3 Å². The predicted octanol–water partition coefficient (Wildman–Crippen LogP) is 4.12. The van der Waals surface area contributed by atoms with E-state index in [1.54, 1.807) is 0 Å². The Balaban J connectivity index is -0.0000000455. The molecule has 0 unspecified atom stereocenters. The van der Waals surface area contributed by atoms with Crippen LogP contribution in [-0.4, -0.2) is 112 Å². The molecule has 20 heteroatoms. The summed E-state index contributed by atoms with van der Waals surface area (Å²) < 4.78 is 4.83. The van der Waals surface area contributed by atoms with Crippen molar-refractivity contribution >= 4 is 59.7 Å². The van der Waals surface area contributed by atoms with Crippen molar-refractivity contribution in [3.05, 3.63) is 0 Å². The molecule has 0 rings (SSSR count). The maximum Gasteiger partial charge on any atom is 0.305 e. The second-order valence-corrected chi connectivity index (χ2v) is 7.99. The van der Waals surface area contributed by atoms with Crippen LogP contribution in [0.2, 0.25) is 0 Å². The van der Waals surface area contributed by atoms with Crippen molar-refractivity contribution in [1.29, 1.82) is 0 Å². The lowest BCUT2D eigenvalue weighted by Gasteiger charge is -2.01. The van der Waals surface area contributed by atoms with Crippen LogP contribution in [0.15, 0.2) is 0 Å². The molecule has 0 saturated heterocycles. The number of ether oxygens (including phenoxy) is 1. The summed E-state index contributed by atoms with van der Waals surface area (Å²) in [5, 5.41) is 66.7. The van der Waals surface area contributed by atoms with Crippen molar-refractivity contribution in [2.75, 3.05) is 6.61 Å². The van der Waals surface area contributed by atoms with E-state index in [1.165, 1.54) is 32.1 Å². The molecule has 0 aromatic rings. The number of carboxylic acids is 9. The fourth-order valence-corrected chi connectivity index (χ4v) is 1.28. The fraction of sp³-hybridized carbons (Fsp3) is 0.655. The van der Waals surface area contributed by atoms with E-state index in [1.807, 2.05) is 6.92 Å². The lowest BCUT2D eigenvalue weighted by molar-refractivity contribution is -0.143. The monoisotopic (exact) mass is 726 g/mol. The molecule has 0 aliphatic rings. The van der Waals surface area contributed by atoms with E-state index in [2.05, 4.69) is 6.92 Å². The molecule has 0 saturated carbocycles. The van der Waals surface area contributed by atoms with Gasteiger partial charge in [0.1, 0.15) is 0 Å². The molecule has 0 fully saturated rings. The molecule has 49 heavy (non-hydrogen) atoms. The average Bonchev–Trinajstić information content (AvgIpc) is 2.78. The zero-order valence-electron chi connectivity index (χ0n) is 30.2. The van der Waals surface area contributed by atoms with Gasteiger partial charge in [0.05, 0.1) is 6.61 Å². The van der Waals surface area contributed by atoms with Crippen LogP contribution in [0, 0.1) is 0 Å². The molecule has 0 amide bonds. The van der Waals surface area contributed by atoms with Crippen molar-refractivity contribution < 1.29 is 98.6 Å². The van der Waals surface area contributed by atoms with Crippen LogP contribution in [0.5, 0.6) is 0 Å². The smallest absolute Gasteiger partial charge is 0.305 e. The quantitative estimate of drug-likeness (QED) is 0.125. The Morgan fingerprint density at radius 2 is 0.510 bits per heavy atom. The van der Waals surface area contributed by atoms with Gasteiger partial charge >= 0.3 is 5.97 Å². The third-order valence-electron chi connectivity index (χ3n) is 2.04. The fourth-order valence-electron chi connectivity index (χ4n) is 1.28. The molecule has 0 radical (unpaired) electrons. The summed E-state index contributed by atoms with van der Waals surface area (Å²) in [6.45, 7) is 14.3. The van der Waals surface area contributed by atoms with Gasteiger partial charge in [0.25, 0.3) is 53.7 Å². The van der Waals surface area contributed by atoms with Gasteiger partial charge in [-0.15, -0.1) is 0 Å². The number of aliphatic carboxylic acids is 9. The van der Waals surface area contributed by atoms with Crippen LogP contribution < -0.4 is 0 Å². The highest BCUT2D eigenvalue weighted by molar-refractivity contribution is 5.69. The lowest BCUT2D eigenvalue weighted by Crippen LogP contribution is -2.03. The first kappa shape index (κ1) is 70.2. The predicted molar refractivity (Wildman–Crippen MR) is 174 cm³/mol. The van der Waals surface area contributed by atoms with E-state index in [0.717, 1.165) is 68.7 Å². The van der Waals surface area contributed by atoms with E-state index in [0.29, 0.717) is 13.0 Å². The highest BCUT2D eigenvalue weighted by atomic mass is 16.5. The zero-order valence-corrected chi connectivity index (χ0v) is 30.2. The van der Waals surface area contributed by atoms with Crippen LogP contribution in [0.3, 0.4) is 0 Å². The molecular formula is C29H58O20. The maximum atomic E-state index is 10.9. The summed E-state index contributed by atoms with van der Waals surface area (Å²) in [6.07, 6.45) is 7.91.